The Morgan fingerprint density at radius 2 is 1.50 bits per heavy atom. The van der Waals surface area contributed by atoms with E-state index in [-0.39, 0.29) is 24.3 Å². The summed E-state index contributed by atoms with van der Waals surface area (Å²) in [5, 5.41) is 10.8. The zero-order valence-electron chi connectivity index (χ0n) is 26.1. The average molecular weight is 598 g/mol. The van der Waals surface area contributed by atoms with Crippen LogP contribution in [0.15, 0.2) is 85.0 Å². The van der Waals surface area contributed by atoms with Crippen molar-refractivity contribution in [2.45, 2.75) is 75.9 Å². The van der Waals surface area contributed by atoms with Crippen LogP contribution in [0.2, 0.25) is 0 Å². The zero-order valence-corrected chi connectivity index (χ0v) is 26.1. The van der Waals surface area contributed by atoms with Crippen molar-refractivity contribution in [2.75, 3.05) is 19.7 Å². The summed E-state index contributed by atoms with van der Waals surface area (Å²) in [7, 11) is 0. The normalized spacial score (nSPS) is 30.6. The van der Waals surface area contributed by atoms with Gasteiger partial charge < -0.3 is 24.5 Å². The zero-order chi connectivity index (χ0) is 31.3. The lowest BCUT2D eigenvalue weighted by Crippen LogP contribution is -2.61. The molecule has 2 saturated heterocycles. The molecule has 0 radical (unpaired) electrons. The Balaban J connectivity index is 1.48. The summed E-state index contributed by atoms with van der Waals surface area (Å²) in [6, 6.07) is 17.8. The maximum absolute atomic E-state index is 14.9. The molecule has 1 spiro atoms. The first-order valence-corrected chi connectivity index (χ1v) is 15.7. The van der Waals surface area contributed by atoms with E-state index in [1.807, 2.05) is 113 Å². The van der Waals surface area contributed by atoms with E-state index in [0.717, 1.165) is 11.1 Å². The molecule has 3 amide bonds. The molecule has 4 aliphatic rings. The van der Waals surface area contributed by atoms with Gasteiger partial charge in [-0.15, -0.1) is 0 Å². The molecule has 4 aliphatic heterocycles. The second kappa shape index (κ2) is 11.3. The van der Waals surface area contributed by atoms with Gasteiger partial charge in [-0.1, -0.05) is 91.9 Å². The SMILES string of the molecule is CC[C@@]12C=CCN(Cc3ccccc3)C(=O)[C@@H]1[C@H]1C(=O)N([C@@H](CO)Cc3ccccc3)C3C(=O)N(C(C)(C)C)CC=C[C@@]31O2. The van der Waals surface area contributed by atoms with Crippen molar-refractivity contribution in [3.05, 3.63) is 96.1 Å². The number of ether oxygens (including phenoxy) is 1. The highest BCUT2D eigenvalue weighted by Gasteiger charge is 2.76. The van der Waals surface area contributed by atoms with Gasteiger partial charge in [-0.25, -0.2) is 0 Å². The van der Waals surface area contributed by atoms with Gasteiger partial charge >= 0.3 is 0 Å². The largest absolute Gasteiger partial charge is 0.394 e. The highest BCUT2D eigenvalue weighted by molar-refractivity contribution is 6.00. The first-order valence-electron chi connectivity index (χ1n) is 15.7. The summed E-state index contributed by atoms with van der Waals surface area (Å²) in [5.41, 5.74) is -1.00. The van der Waals surface area contributed by atoms with Crippen molar-refractivity contribution in [3.8, 4) is 0 Å². The number of aliphatic hydroxyl groups excluding tert-OH is 1. The fraction of sp³-hybridized carbons (Fsp3) is 0.472. The maximum atomic E-state index is 14.9. The van der Waals surface area contributed by atoms with Crippen molar-refractivity contribution >= 4 is 17.7 Å². The predicted molar refractivity (Wildman–Crippen MR) is 167 cm³/mol. The number of benzene rings is 2. The number of likely N-dealkylation sites (tertiary alicyclic amines) is 1. The van der Waals surface area contributed by atoms with E-state index in [2.05, 4.69) is 0 Å². The van der Waals surface area contributed by atoms with Crippen LogP contribution >= 0.6 is 0 Å². The number of amides is 3. The number of nitrogens with zero attached hydrogens (tertiary/aromatic N) is 3. The molecule has 0 aromatic heterocycles. The van der Waals surface area contributed by atoms with Crippen molar-refractivity contribution in [2.24, 2.45) is 11.8 Å². The van der Waals surface area contributed by atoms with Gasteiger partial charge in [-0.2, -0.15) is 0 Å². The third kappa shape index (κ3) is 4.79. The van der Waals surface area contributed by atoms with Gasteiger partial charge in [0.1, 0.15) is 11.6 Å². The molecule has 1 unspecified atom stereocenters. The van der Waals surface area contributed by atoms with Crippen LogP contribution in [0.3, 0.4) is 0 Å². The molecule has 2 fully saturated rings. The maximum Gasteiger partial charge on any atom is 0.249 e. The van der Waals surface area contributed by atoms with E-state index in [9.17, 15) is 19.5 Å². The summed E-state index contributed by atoms with van der Waals surface area (Å²) in [4.78, 5) is 49.4. The van der Waals surface area contributed by atoms with Crippen LogP contribution in [0.25, 0.3) is 0 Å². The molecular formula is C36H43N3O5. The topological polar surface area (TPSA) is 90.4 Å². The molecular weight excluding hydrogens is 554 g/mol. The van der Waals surface area contributed by atoms with Gasteiger partial charge in [-0.05, 0) is 44.7 Å². The van der Waals surface area contributed by atoms with E-state index in [4.69, 9.17) is 4.74 Å². The first kappa shape index (κ1) is 30.3. The molecule has 8 heteroatoms. The number of carbonyl (C=O) groups is 3. The van der Waals surface area contributed by atoms with Crippen LogP contribution in [0.1, 0.15) is 45.2 Å². The Bertz CT molecular complexity index is 1470. The Kier molecular flexibility index (Phi) is 7.79. The minimum atomic E-state index is -1.37. The highest BCUT2D eigenvalue weighted by atomic mass is 16.5. The molecule has 2 aromatic rings. The first-order chi connectivity index (χ1) is 21.1. The van der Waals surface area contributed by atoms with Crippen LogP contribution in [0, 0.1) is 11.8 Å². The van der Waals surface area contributed by atoms with Crippen LogP contribution in [0.4, 0.5) is 0 Å². The van der Waals surface area contributed by atoms with Crippen LogP contribution in [0.5, 0.6) is 0 Å². The van der Waals surface area contributed by atoms with E-state index < -0.39 is 40.7 Å². The molecule has 0 bridgehead atoms. The Morgan fingerprint density at radius 1 is 0.864 bits per heavy atom. The van der Waals surface area contributed by atoms with E-state index in [1.54, 1.807) is 14.7 Å². The highest BCUT2D eigenvalue weighted by Crippen LogP contribution is 2.59. The van der Waals surface area contributed by atoms with Crippen molar-refractivity contribution in [1.29, 1.82) is 0 Å². The van der Waals surface area contributed by atoms with Gasteiger partial charge in [0, 0.05) is 25.2 Å². The fourth-order valence-electron chi connectivity index (χ4n) is 7.83. The van der Waals surface area contributed by atoms with Gasteiger partial charge in [0.25, 0.3) is 0 Å². The number of hydrogen-bond donors (Lipinski definition) is 1. The second-order valence-electron chi connectivity index (χ2n) is 13.5. The fourth-order valence-corrected chi connectivity index (χ4v) is 7.83. The third-order valence-corrected chi connectivity index (χ3v) is 9.91. The molecule has 6 atom stereocenters. The molecule has 44 heavy (non-hydrogen) atoms. The number of aliphatic hydroxyl groups is 1. The van der Waals surface area contributed by atoms with Gasteiger partial charge in [0.2, 0.25) is 17.7 Å². The summed E-state index contributed by atoms with van der Waals surface area (Å²) in [6.07, 6.45) is 8.57. The molecule has 4 heterocycles. The molecule has 0 aliphatic carbocycles. The van der Waals surface area contributed by atoms with Gasteiger partial charge in [0.05, 0.1) is 30.1 Å². The molecule has 6 rings (SSSR count). The predicted octanol–water partition coefficient (Wildman–Crippen LogP) is 3.75. The van der Waals surface area contributed by atoms with Crippen molar-refractivity contribution in [1.82, 2.24) is 14.7 Å². The Hall–Kier alpha value is -3.75. The monoisotopic (exact) mass is 597 g/mol. The number of rotatable bonds is 7. The van der Waals surface area contributed by atoms with E-state index in [1.165, 1.54) is 0 Å². The summed E-state index contributed by atoms with van der Waals surface area (Å²) in [6.45, 7) is 8.73. The van der Waals surface area contributed by atoms with E-state index in [0.29, 0.717) is 32.5 Å². The number of fused-ring (bicyclic) bond motifs is 2. The smallest absolute Gasteiger partial charge is 0.249 e. The Labute approximate surface area is 260 Å². The molecule has 0 saturated carbocycles. The summed E-state index contributed by atoms with van der Waals surface area (Å²) in [5.74, 6) is -2.46. The lowest BCUT2D eigenvalue weighted by Gasteiger charge is -2.43. The molecule has 232 valence electrons. The lowest BCUT2D eigenvalue weighted by atomic mass is 9.73. The lowest BCUT2D eigenvalue weighted by molar-refractivity contribution is -0.159. The minimum absolute atomic E-state index is 0.155. The van der Waals surface area contributed by atoms with E-state index >= 15 is 0 Å². The van der Waals surface area contributed by atoms with Crippen LogP contribution in [-0.2, 0) is 32.1 Å². The van der Waals surface area contributed by atoms with Gasteiger partial charge in [0.15, 0.2) is 0 Å². The average Bonchev–Trinajstić information content (AvgIpc) is 3.30. The summed E-state index contributed by atoms with van der Waals surface area (Å²) < 4.78 is 7.11. The minimum Gasteiger partial charge on any atom is -0.394 e. The molecule has 8 nitrogen and oxygen atoms in total. The van der Waals surface area contributed by atoms with Gasteiger partial charge in [-0.3, -0.25) is 14.4 Å². The van der Waals surface area contributed by atoms with Crippen molar-refractivity contribution in [3.63, 3.8) is 0 Å². The van der Waals surface area contributed by atoms with Crippen LogP contribution < -0.4 is 0 Å². The third-order valence-electron chi connectivity index (χ3n) is 9.91. The quantitative estimate of drug-likeness (QED) is 0.492. The standard InChI is InChI=1S/C36H43N3O5/c1-5-35-18-12-20-37(23-26-16-10-7-11-17-26)31(41)28(35)29-32(42)39(27(24-40)22-25-14-8-6-9-15-25)30-33(43)38(34(2,3)4)21-13-19-36(29,30)44-35/h6-19,27-30,40H,5,20-24H2,1-4H3/t27-,28+,29+,30?,35-,36+/m1/s1. The van der Waals surface area contributed by atoms with Crippen molar-refractivity contribution < 1.29 is 24.2 Å². The number of carbonyl (C=O) groups excluding carboxylic acids is 3. The number of hydrogen-bond acceptors (Lipinski definition) is 5. The Morgan fingerprint density at radius 3 is 2.11 bits per heavy atom. The summed E-state index contributed by atoms with van der Waals surface area (Å²) >= 11 is 0. The molecule has 1 N–H and O–H groups in total. The molecule has 2 aromatic carbocycles. The second-order valence-corrected chi connectivity index (χ2v) is 13.5. The van der Waals surface area contributed by atoms with Crippen LogP contribution in [-0.4, -0.2) is 86.0 Å².